The number of aromatic nitrogens is 6. The molecule has 58 heavy (non-hydrogen) atoms. The van der Waals surface area contributed by atoms with E-state index in [4.69, 9.17) is 19.9 Å². The largest absolute Gasteiger partial charge is 0.276 e. The van der Waals surface area contributed by atoms with Crippen molar-refractivity contribution in [3.8, 4) is 52.0 Å². The first-order chi connectivity index (χ1) is 28.6. The van der Waals surface area contributed by atoms with Crippen molar-refractivity contribution in [2.75, 3.05) is 0 Å². The molecule has 3 aliphatic rings. The number of benzene rings is 7. The highest BCUT2D eigenvalue weighted by Crippen LogP contribution is 2.56. The minimum Gasteiger partial charge on any atom is -0.276 e. The number of imidazole rings is 2. The zero-order valence-electron chi connectivity index (χ0n) is 30.7. The molecule has 0 atom stereocenters. The van der Waals surface area contributed by atoms with Crippen LogP contribution in [-0.4, -0.2) is 28.9 Å². The molecule has 2 bridgehead atoms. The van der Waals surface area contributed by atoms with Gasteiger partial charge in [-0.15, -0.1) is 0 Å². The average Bonchev–Trinajstić information content (AvgIpc) is 3.83. The summed E-state index contributed by atoms with van der Waals surface area (Å²) in [7, 11) is 0. The fourth-order valence-electron chi connectivity index (χ4n) is 9.26. The predicted molar refractivity (Wildman–Crippen MR) is 223 cm³/mol. The van der Waals surface area contributed by atoms with Gasteiger partial charge < -0.3 is 0 Å². The van der Waals surface area contributed by atoms with Crippen LogP contribution in [0, 0.1) is 22.7 Å². The van der Waals surface area contributed by atoms with Gasteiger partial charge in [0, 0.05) is 23.0 Å². The minimum atomic E-state index is -0.164. The van der Waals surface area contributed by atoms with Crippen LogP contribution in [0.4, 0.5) is 0 Å². The summed E-state index contributed by atoms with van der Waals surface area (Å²) in [6, 6.07) is 58.3. The molecular formula is C50H28N8. The monoisotopic (exact) mass is 740 g/mol. The quantitative estimate of drug-likeness (QED) is 0.178. The Hall–Kier alpha value is -8.20. The molecule has 3 aromatic heterocycles. The predicted octanol–water partition coefficient (Wildman–Crippen LogP) is 10.3. The first-order valence-corrected chi connectivity index (χ1v) is 19.2. The van der Waals surface area contributed by atoms with E-state index < -0.39 is 0 Å². The molecule has 0 N–H and O–H groups in total. The van der Waals surface area contributed by atoms with Gasteiger partial charge >= 0.3 is 0 Å². The standard InChI is InChI=1S/C50H28N8/c51-27-29-14-21-35-38(24-29)46-39-25-30(28-52)15-22-36(39)45(35)37-23-20-34(26-40(37)46)48-54-47(33-18-16-32(17-19-33)31-8-2-1-3-9-31)55-49(56-48)58-44-13-7-6-12-43(44)57-42-11-5-4-10-41(42)53-50(57)58/h1-26,45-46H. The Labute approximate surface area is 332 Å². The van der Waals surface area contributed by atoms with Gasteiger partial charge in [-0.1, -0.05) is 103 Å². The lowest BCUT2D eigenvalue weighted by molar-refractivity contribution is 0.753. The number of hydrogen-bond acceptors (Lipinski definition) is 6. The third-order valence-corrected chi connectivity index (χ3v) is 11.8. The molecule has 3 heterocycles. The van der Waals surface area contributed by atoms with Crippen molar-refractivity contribution in [2.24, 2.45) is 0 Å². The Morgan fingerprint density at radius 2 is 0.931 bits per heavy atom. The second-order valence-electron chi connectivity index (χ2n) is 14.9. The lowest BCUT2D eigenvalue weighted by Gasteiger charge is -2.42. The fraction of sp³-hybridized carbons (Fsp3) is 0.0400. The molecule has 0 radical (unpaired) electrons. The van der Waals surface area contributed by atoms with Crippen molar-refractivity contribution >= 4 is 27.8 Å². The molecule has 8 heteroatoms. The van der Waals surface area contributed by atoms with Crippen LogP contribution in [0.5, 0.6) is 0 Å². The molecular weight excluding hydrogens is 713 g/mol. The molecule has 0 saturated heterocycles. The summed E-state index contributed by atoms with van der Waals surface area (Å²) < 4.78 is 4.19. The van der Waals surface area contributed by atoms with E-state index in [9.17, 15) is 10.5 Å². The van der Waals surface area contributed by atoms with Gasteiger partial charge in [-0.3, -0.25) is 4.40 Å². The fourth-order valence-corrected chi connectivity index (χ4v) is 9.26. The van der Waals surface area contributed by atoms with Gasteiger partial charge in [-0.2, -0.15) is 20.5 Å². The highest BCUT2D eigenvalue weighted by molar-refractivity contribution is 5.92. The molecule has 0 saturated carbocycles. The van der Waals surface area contributed by atoms with E-state index in [0.717, 1.165) is 61.0 Å². The summed E-state index contributed by atoms with van der Waals surface area (Å²) in [6.07, 6.45) is 0. The van der Waals surface area contributed by atoms with E-state index in [1.165, 1.54) is 16.7 Å². The van der Waals surface area contributed by atoms with Gasteiger partial charge in [0.15, 0.2) is 11.6 Å². The average molecular weight is 741 g/mol. The summed E-state index contributed by atoms with van der Waals surface area (Å²) in [6.45, 7) is 0. The molecule has 8 nitrogen and oxygen atoms in total. The zero-order valence-corrected chi connectivity index (χ0v) is 30.7. The Morgan fingerprint density at radius 1 is 0.414 bits per heavy atom. The number of rotatable bonds is 4. The van der Waals surface area contributed by atoms with Gasteiger partial charge in [0.05, 0.1) is 45.3 Å². The van der Waals surface area contributed by atoms with E-state index >= 15 is 0 Å². The van der Waals surface area contributed by atoms with Crippen molar-refractivity contribution in [3.05, 3.63) is 202 Å². The molecule has 7 aromatic carbocycles. The van der Waals surface area contributed by atoms with Crippen LogP contribution in [0.1, 0.15) is 56.3 Å². The Kier molecular flexibility index (Phi) is 6.72. The molecule has 0 aliphatic heterocycles. The number of fused-ring (bicyclic) bond motifs is 5. The normalized spacial score (nSPS) is 14.9. The summed E-state index contributed by atoms with van der Waals surface area (Å²) in [5.74, 6) is 2.05. The number of nitrogens with zero attached hydrogens (tertiary/aromatic N) is 8. The van der Waals surface area contributed by atoms with Crippen molar-refractivity contribution in [1.82, 2.24) is 28.9 Å². The van der Waals surface area contributed by atoms with E-state index in [-0.39, 0.29) is 11.8 Å². The van der Waals surface area contributed by atoms with Crippen LogP contribution in [0.3, 0.4) is 0 Å². The van der Waals surface area contributed by atoms with Gasteiger partial charge in [0.2, 0.25) is 11.7 Å². The highest BCUT2D eigenvalue weighted by Gasteiger charge is 2.42. The minimum absolute atomic E-state index is 0.0266. The van der Waals surface area contributed by atoms with Crippen molar-refractivity contribution < 1.29 is 0 Å². The Bertz CT molecular complexity index is 3370. The zero-order chi connectivity index (χ0) is 38.5. The topological polar surface area (TPSA) is 108 Å². The van der Waals surface area contributed by atoms with E-state index in [1.54, 1.807) is 0 Å². The smallest absolute Gasteiger partial charge is 0.241 e. The third kappa shape index (κ3) is 4.60. The summed E-state index contributed by atoms with van der Waals surface area (Å²) in [4.78, 5) is 20.8. The molecule has 0 unspecified atom stereocenters. The first kappa shape index (κ1) is 32.1. The van der Waals surface area contributed by atoms with Crippen LogP contribution < -0.4 is 0 Å². The van der Waals surface area contributed by atoms with Gasteiger partial charge in [-0.25, -0.2) is 14.5 Å². The molecule has 0 spiro atoms. The van der Waals surface area contributed by atoms with Crippen LogP contribution in [-0.2, 0) is 0 Å². The number of nitriles is 2. The van der Waals surface area contributed by atoms with Crippen LogP contribution in [0.2, 0.25) is 0 Å². The number of para-hydroxylation sites is 4. The maximum atomic E-state index is 9.92. The first-order valence-electron chi connectivity index (χ1n) is 19.2. The molecule has 13 rings (SSSR count). The highest BCUT2D eigenvalue weighted by atomic mass is 15.3. The van der Waals surface area contributed by atoms with Crippen molar-refractivity contribution in [3.63, 3.8) is 0 Å². The molecule has 0 fully saturated rings. The molecule has 10 aromatic rings. The molecule has 3 aliphatic carbocycles. The van der Waals surface area contributed by atoms with Crippen LogP contribution >= 0.6 is 0 Å². The Morgan fingerprint density at radius 3 is 1.62 bits per heavy atom. The second kappa shape index (κ2) is 12.1. The lowest BCUT2D eigenvalue weighted by Crippen LogP contribution is -2.27. The Balaban J connectivity index is 1.08. The van der Waals surface area contributed by atoms with Crippen LogP contribution in [0.15, 0.2) is 158 Å². The van der Waals surface area contributed by atoms with E-state index in [2.05, 4.69) is 101 Å². The van der Waals surface area contributed by atoms with E-state index in [0.29, 0.717) is 34.5 Å². The van der Waals surface area contributed by atoms with Gasteiger partial charge in [0.25, 0.3) is 0 Å². The van der Waals surface area contributed by atoms with Gasteiger partial charge in [-0.05, 0) is 99.1 Å². The number of hydrogen-bond donors (Lipinski definition) is 0. The maximum Gasteiger partial charge on any atom is 0.241 e. The summed E-state index contributed by atoms with van der Waals surface area (Å²) in [5.41, 5.74) is 15.9. The van der Waals surface area contributed by atoms with Gasteiger partial charge in [0.1, 0.15) is 0 Å². The van der Waals surface area contributed by atoms with Crippen molar-refractivity contribution in [2.45, 2.75) is 11.8 Å². The third-order valence-electron chi connectivity index (χ3n) is 11.8. The second-order valence-corrected chi connectivity index (χ2v) is 14.9. The van der Waals surface area contributed by atoms with E-state index in [1.807, 2.05) is 77.4 Å². The van der Waals surface area contributed by atoms with Crippen LogP contribution in [0.25, 0.3) is 67.7 Å². The molecule has 0 amide bonds. The lowest BCUT2D eigenvalue weighted by atomic mass is 9.60. The summed E-state index contributed by atoms with van der Waals surface area (Å²) >= 11 is 0. The summed E-state index contributed by atoms with van der Waals surface area (Å²) in [5, 5.41) is 19.8. The molecule has 268 valence electrons. The SMILES string of the molecule is N#Cc1ccc2c(c1)C1c3cc(C#N)ccc3C2c2ccc(-c3nc(-c4ccc(-c5ccccc5)cc4)nc(-n4c5ccccc5n5c6ccccc6nc45)n3)cc21. The maximum absolute atomic E-state index is 9.92. The van der Waals surface area contributed by atoms with Crippen molar-refractivity contribution in [1.29, 1.82) is 10.5 Å².